The van der Waals surface area contributed by atoms with Crippen molar-refractivity contribution in [2.24, 2.45) is 0 Å². The largest absolute Gasteiger partial charge is 0.333 e. The fourth-order valence-corrected chi connectivity index (χ4v) is 5.04. The minimum absolute atomic E-state index is 0.00578. The van der Waals surface area contributed by atoms with E-state index in [9.17, 15) is 18.0 Å². The fraction of sp³-hybridized carbons (Fsp3) is 0.529. The van der Waals surface area contributed by atoms with E-state index in [-0.39, 0.29) is 30.2 Å². The van der Waals surface area contributed by atoms with Crippen molar-refractivity contribution in [1.82, 2.24) is 4.90 Å². The molecule has 3 rings (SSSR count). The molecule has 0 N–H and O–H groups in total. The molecule has 2 amide bonds. The number of likely N-dealkylation sites (tertiary alicyclic amines) is 1. The van der Waals surface area contributed by atoms with E-state index >= 15 is 0 Å². The Morgan fingerprint density at radius 3 is 2.17 bits per heavy atom. The monoisotopic (exact) mass is 350 g/mol. The molecule has 2 atom stereocenters. The van der Waals surface area contributed by atoms with Crippen molar-refractivity contribution < 1.29 is 18.0 Å². The number of hydrogen-bond acceptors (Lipinski definition) is 4. The smallest absolute Gasteiger partial charge is 0.254 e. The van der Waals surface area contributed by atoms with E-state index in [0.29, 0.717) is 11.3 Å². The van der Waals surface area contributed by atoms with Crippen LogP contribution in [0.3, 0.4) is 0 Å². The van der Waals surface area contributed by atoms with E-state index in [1.165, 1.54) is 12.1 Å². The first-order valence-electron chi connectivity index (χ1n) is 8.30. The van der Waals surface area contributed by atoms with Crippen LogP contribution in [-0.2, 0) is 14.8 Å². The van der Waals surface area contributed by atoms with Crippen molar-refractivity contribution in [2.75, 3.05) is 10.1 Å². The molecule has 2 saturated heterocycles. The third-order valence-electron chi connectivity index (χ3n) is 4.86. The standard InChI is InChI=1S/C17H22N2O4S/c1-12-4-3-5-13(2)18(12)17(21)14-6-8-15(9-7-14)19-16(20)10-11-24(19,22)23/h6-9,12-13H,3-5,10-11H2,1-2H3/t12-,13-/m0/s1. The number of piperidine rings is 1. The third-order valence-corrected chi connectivity index (χ3v) is 6.55. The molecule has 0 saturated carbocycles. The number of sulfonamides is 1. The summed E-state index contributed by atoms with van der Waals surface area (Å²) in [6, 6.07) is 6.67. The summed E-state index contributed by atoms with van der Waals surface area (Å²) in [5.74, 6) is -0.626. The second-order valence-corrected chi connectivity index (χ2v) is 8.55. The van der Waals surface area contributed by atoms with Crippen molar-refractivity contribution in [1.29, 1.82) is 0 Å². The molecule has 24 heavy (non-hydrogen) atoms. The Hall–Kier alpha value is -1.89. The van der Waals surface area contributed by atoms with Gasteiger partial charge in [0.15, 0.2) is 0 Å². The molecule has 2 heterocycles. The van der Waals surface area contributed by atoms with Gasteiger partial charge in [-0.1, -0.05) is 0 Å². The molecule has 7 heteroatoms. The van der Waals surface area contributed by atoms with Gasteiger partial charge in [-0.2, -0.15) is 0 Å². The van der Waals surface area contributed by atoms with Gasteiger partial charge < -0.3 is 4.90 Å². The summed E-state index contributed by atoms with van der Waals surface area (Å²) in [6.45, 7) is 4.11. The van der Waals surface area contributed by atoms with Crippen molar-refractivity contribution in [2.45, 2.75) is 51.6 Å². The van der Waals surface area contributed by atoms with Gasteiger partial charge in [0.05, 0.1) is 11.4 Å². The van der Waals surface area contributed by atoms with E-state index in [1.807, 2.05) is 4.90 Å². The van der Waals surface area contributed by atoms with E-state index in [2.05, 4.69) is 13.8 Å². The predicted octanol–water partition coefficient (Wildman–Crippen LogP) is 2.16. The molecule has 2 aliphatic heterocycles. The Labute approximate surface area is 142 Å². The van der Waals surface area contributed by atoms with Crippen LogP contribution in [0.15, 0.2) is 24.3 Å². The number of carbonyl (C=O) groups is 2. The summed E-state index contributed by atoms with van der Waals surface area (Å²) in [4.78, 5) is 26.5. The summed E-state index contributed by atoms with van der Waals surface area (Å²) < 4.78 is 24.8. The van der Waals surface area contributed by atoms with Crippen LogP contribution in [0.4, 0.5) is 5.69 Å². The molecule has 2 fully saturated rings. The number of benzene rings is 1. The number of rotatable bonds is 2. The van der Waals surface area contributed by atoms with Gasteiger partial charge in [0.1, 0.15) is 0 Å². The molecule has 2 aliphatic rings. The normalized spacial score (nSPS) is 26.7. The number of carbonyl (C=O) groups excluding carboxylic acids is 2. The number of anilines is 1. The Morgan fingerprint density at radius 2 is 1.67 bits per heavy atom. The average molecular weight is 350 g/mol. The molecule has 0 spiro atoms. The molecule has 0 aliphatic carbocycles. The summed E-state index contributed by atoms with van der Waals surface area (Å²) in [5, 5.41) is 0. The first-order chi connectivity index (χ1) is 11.3. The van der Waals surface area contributed by atoms with E-state index in [1.54, 1.807) is 12.1 Å². The molecule has 6 nitrogen and oxygen atoms in total. The highest BCUT2D eigenvalue weighted by Crippen LogP contribution is 2.28. The summed E-state index contributed by atoms with van der Waals surface area (Å²) in [7, 11) is -3.57. The second-order valence-electron chi connectivity index (χ2n) is 6.61. The highest BCUT2D eigenvalue weighted by atomic mass is 32.2. The van der Waals surface area contributed by atoms with Crippen LogP contribution in [0.5, 0.6) is 0 Å². The van der Waals surface area contributed by atoms with Gasteiger partial charge in [-0.15, -0.1) is 0 Å². The zero-order valence-corrected chi connectivity index (χ0v) is 14.8. The summed E-state index contributed by atoms with van der Waals surface area (Å²) in [5.41, 5.74) is 0.817. The maximum atomic E-state index is 12.8. The molecule has 0 radical (unpaired) electrons. The average Bonchev–Trinajstić information content (AvgIpc) is 2.80. The quantitative estimate of drug-likeness (QED) is 0.819. The molecular formula is C17H22N2O4S. The molecular weight excluding hydrogens is 328 g/mol. The molecule has 0 unspecified atom stereocenters. The Bertz CT molecular complexity index is 747. The van der Waals surface area contributed by atoms with Crippen molar-refractivity contribution >= 4 is 27.5 Å². The number of amides is 2. The first-order valence-corrected chi connectivity index (χ1v) is 9.91. The third kappa shape index (κ3) is 2.92. The molecule has 0 aromatic heterocycles. The van der Waals surface area contributed by atoms with E-state index < -0.39 is 15.9 Å². The summed E-state index contributed by atoms with van der Waals surface area (Å²) >= 11 is 0. The van der Waals surface area contributed by atoms with Crippen molar-refractivity contribution in [3.8, 4) is 0 Å². The van der Waals surface area contributed by atoms with Gasteiger partial charge in [0.2, 0.25) is 15.9 Å². The molecule has 1 aromatic rings. The van der Waals surface area contributed by atoms with Crippen LogP contribution in [0.25, 0.3) is 0 Å². The zero-order valence-electron chi connectivity index (χ0n) is 13.9. The minimum Gasteiger partial charge on any atom is -0.333 e. The zero-order chi connectivity index (χ0) is 17.5. The number of nitrogens with zero attached hydrogens (tertiary/aromatic N) is 2. The summed E-state index contributed by atoms with van der Waals surface area (Å²) in [6.07, 6.45) is 3.12. The Morgan fingerprint density at radius 1 is 1.08 bits per heavy atom. The van der Waals surface area contributed by atoms with E-state index in [0.717, 1.165) is 23.6 Å². The van der Waals surface area contributed by atoms with Crippen LogP contribution in [0, 0.1) is 0 Å². The maximum Gasteiger partial charge on any atom is 0.254 e. The highest BCUT2D eigenvalue weighted by molar-refractivity contribution is 7.94. The lowest BCUT2D eigenvalue weighted by Crippen LogP contribution is -2.47. The van der Waals surface area contributed by atoms with Gasteiger partial charge in [0.25, 0.3) is 5.91 Å². The first kappa shape index (κ1) is 17.0. The Balaban J connectivity index is 1.84. The van der Waals surface area contributed by atoms with Gasteiger partial charge in [-0.05, 0) is 57.4 Å². The molecule has 0 bridgehead atoms. The van der Waals surface area contributed by atoms with Crippen LogP contribution in [-0.4, -0.2) is 43.0 Å². The van der Waals surface area contributed by atoms with Crippen molar-refractivity contribution in [3.05, 3.63) is 29.8 Å². The Kier molecular flexibility index (Phi) is 4.38. The lowest BCUT2D eigenvalue weighted by atomic mass is 9.96. The van der Waals surface area contributed by atoms with Gasteiger partial charge in [-0.25, -0.2) is 12.7 Å². The van der Waals surface area contributed by atoms with Gasteiger partial charge >= 0.3 is 0 Å². The minimum atomic E-state index is -3.57. The maximum absolute atomic E-state index is 12.8. The van der Waals surface area contributed by atoms with Gasteiger partial charge in [-0.3, -0.25) is 9.59 Å². The van der Waals surface area contributed by atoms with Crippen LogP contribution in [0.2, 0.25) is 0 Å². The fourth-order valence-electron chi connectivity index (χ4n) is 3.58. The highest BCUT2D eigenvalue weighted by Gasteiger charge is 2.36. The predicted molar refractivity (Wildman–Crippen MR) is 91.3 cm³/mol. The lowest BCUT2D eigenvalue weighted by Gasteiger charge is -2.39. The number of hydrogen-bond donors (Lipinski definition) is 0. The second kappa shape index (κ2) is 6.20. The van der Waals surface area contributed by atoms with E-state index in [4.69, 9.17) is 0 Å². The van der Waals surface area contributed by atoms with Crippen LogP contribution < -0.4 is 4.31 Å². The molecule has 1 aromatic carbocycles. The SMILES string of the molecule is C[C@H]1CCC[C@H](C)N1C(=O)c1ccc(N2C(=O)CCS2(=O)=O)cc1. The molecule has 130 valence electrons. The lowest BCUT2D eigenvalue weighted by molar-refractivity contribution is -0.116. The topological polar surface area (TPSA) is 74.8 Å². The van der Waals surface area contributed by atoms with Crippen molar-refractivity contribution in [3.63, 3.8) is 0 Å². The van der Waals surface area contributed by atoms with Crippen LogP contribution >= 0.6 is 0 Å². The van der Waals surface area contributed by atoms with Gasteiger partial charge in [0, 0.05) is 24.1 Å². The van der Waals surface area contributed by atoms with Crippen LogP contribution in [0.1, 0.15) is 49.9 Å².